The number of methoxy groups -OCH3 is 1. The highest BCUT2D eigenvalue weighted by Crippen LogP contribution is 2.16. The van der Waals surface area contributed by atoms with Crippen molar-refractivity contribution < 1.29 is 14.3 Å². The summed E-state index contributed by atoms with van der Waals surface area (Å²) >= 11 is 0. The van der Waals surface area contributed by atoms with Gasteiger partial charge in [-0.05, 0) is 29.8 Å². The number of carbonyl (C=O) groups is 1. The molecule has 0 aliphatic rings. The molecule has 0 aromatic heterocycles. The molecular weight excluding hydrogens is 240 g/mol. The normalized spacial score (nSPS) is 9.95. The third-order valence-corrected chi connectivity index (χ3v) is 2.85. The molecular formula is C16H16O3. The molecule has 0 spiro atoms. The fraction of sp³-hybridized carbons (Fsp3) is 0.188. The molecule has 0 saturated carbocycles. The molecule has 0 N–H and O–H groups in total. The lowest BCUT2D eigenvalue weighted by atomic mass is 10.1. The summed E-state index contributed by atoms with van der Waals surface area (Å²) in [5.41, 5.74) is 1.75. The molecule has 0 heterocycles. The van der Waals surface area contributed by atoms with Crippen LogP contribution in [0.2, 0.25) is 0 Å². The number of hydrogen-bond donors (Lipinski definition) is 0. The Kier molecular flexibility index (Phi) is 4.56. The Morgan fingerprint density at radius 3 is 2.47 bits per heavy atom. The van der Waals surface area contributed by atoms with Gasteiger partial charge in [-0.25, -0.2) is 0 Å². The zero-order valence-corrected chi connectivity index (χ0v) is 10.8. The predicted molar refractivity (Wildman–Crippen MR) is 74.0 cm³/mol. The van der Waals surface area contributed by atoms with Gasteiger partial charge < -0.3 is 9.47 Å². The number of ether oxygens (including phenoxy) is 2. The van der Waals surface area contributed by atoms with Crippen molar-refractivity contribution in [2.45, 2.75) is 6.42 Å². The Morgan fingerprint density at radius 1 is 1.05 bits per heavy atom. The minimum absolute atomic E-state index is 0.539. The van der Waals surface area contributed by atoms with E-state index >= 15 is 0 Å². The summed E-state index contributed by atoms with van der Waals surface area (Å²) in [4.78, 5) is 10.8. The van der Waals surface area contributed by atoms with Crippen LogP contribution in [0, 0.1) is 0 Å². The molecule has 0 aliphatic heterocycles. The molecule has 98 valence electrons. The maximum atomic E-state index is 10.8. The number of benzene rings is 2. The fourth-order valence-electron chi connectivity index (χ4n) is 1.78. The lowest BCUT2D eigenvalue weighted by molar-refractivity contribution is 0.111. The van der Waals surface area contributed by atoms with Crippen molar-refractivity contribution in [1.82, 2.24) is 0 Å². The van der Waals surface area contributed by atoms with Gasteiger partial charge in [-0.2, -0.15) is 0 Å². The maximum Gasteiger partial charge on any atom is 0.153 e. The summed E-state index contributed by atoms with van der Waals surface area (Å²) in [7, 11) is 1.65. The Balaban J connectivity index is 1.90. The van der Waals surface area contributed by atoms with E-state index in [1.54, 1.807) is 19.2 Å². The second kappa shape index (κ2) is 6.59. The summed E-state index contributed by atoms with van der Waals surface area (Å²) in [6.45, 7) is 0.539. The van der Waals surface area contributed by atoms with Gasteiger partial charge >= 0.3 is 0 Å². The minimum atomic E-state index is 0.539. The molecule has 3 nitrogen and oxygen atoms in total. The van der Waals surface area contributed by atoms with E-state index in [1.165, 1.54) is 5.56 Å². The predicted octanol–water partition coefficient (Wildman–Crippen LogP) is 3.13. The van der Waals surface area contributed by atoms with Crippen molar-refractivity contribution in [2.75, 3.05) is 13.7 Å². The molecule has 0 unspecified atom stereocenters. The van der Waals surface area contributed by atoms with Gasteiger partial charge in [-0.1, -0.05) is 24.3 Å². The van der Waals surface area contributed by atoms with Gasteiger partial charge in [0.05, 0.1) is 19.3 Å². The summed E-state index contributed by atoms with van der Waals surface area (Å²) in [6.07, 6.45) is 1.60. The van der Waals surface area contributed by atoms with Gasteiger partial charge in [0, 0.05) is 6.42 Å². The van der Waals surface area contributed by atoms with Crippen LogP contribution in [0.25, 0.3) is 0 Å². The van der Waals surface area contributed by atoms with E-state index in [0.717, 1.165) is 18.5 Å². The average molecular weight is 256 g/mol. The molecule has 2 rings (SSSR count). The molecule has 0 amide bonds. The van der Waals surface area contributed by atoms with Crippen molar-refractivity contribution in [3.05, 3.63) is 59.7 Å². The highest BCUT2D eigenvalue weighted by molar-refractivity contribution is 5.79. The number of carbonyl (C=O) groups excluding carboxylic acids is 1. The number of aldehydes is 1. The first kappa shape index (κ1) is 13.1. The van der Waals surface area contributed by atoms with Gasteiger partial charge in [-0.15, -0.1) is 0 Å². The van der Waals surface area contributed by atoms with Crippen molar-refractivity contribution >= 4 is 6.29 Å². The average Bonchev–Trinajstić information content (AvgIpc) is 2.48. The van der Waals surface area contributed by atoms with Crippen LogP contribution < -0.4 is 9.47 Å². The van der Waals surface area contributed by atoms with Crippen LogP contribution in [0.3, 0.4) is 0 Å². The summed E-state index contributed by atoms with van der Waals surface area (Å²) in [5, 5.41) is 0. The fourth-order valence-corrected chi connectivity index (χ4v) is 1.78. The molecule has 19 heavy (non-hydrogen) atoms. The second-order valence-electron chi connectivity index (χ2n) is 4.10. The first-order valence-electron chi connectivity index (χ1n) is 6.13. The van der Waals surface area contributed by atoms with Crippen molar-refractivity contribution in [2.24, 2.45) is 0 Å². The lowest BCUT2D eigenvalue weighted by Gasteiger charge is -2.08. The number of rotatable bonds is 6. The van der Waals surface area contributed by atoms with Crippen LogP contribution in [0.4, 0.5) is 0 Å². The van der Waals surface area contributed by atoms with Gasteiger partial charge in [-0.3, -0.25) is 4.79 Å². The summed E-state index contributed by atoms with van der Waals surface area (Å²) in [6, 6.07) is 15.1. The zero-order valence-electron chi connectivity index (χ0n) is 10.8. The van der Waals surface area contributed by atoms with E-state index < -0.39 is 0 Å². The molecule has 0 atom stereocenters. The van der Waals surface area contributed by atoms with Gasteiger partial charge in [0.1, 0.15) is 11.5 Å². The maximum absolute atomic E-state index is 10.8. The van der Waals surface area contributed by atoms with Crippen molar-refractivity contribution in [3.63, 3.8) is 0 Å². The molecule has 2 aromatic rings. The summed E-state index contributed by atoms with van der Waals surface area (Å²) < 4.78 is 10.7. The standard InChI is InChI=1S/C16H16O3/c1-18-15-8-6-13(7-9-15)10-11-19-16-5-3-2-4-14(16)12-17/h2-9,12H,10-11H2,1H3. The minimum Gasteiger partial charge on any atom is -0.497 e. The molecule has 0 aliphatic carbocycles. The molecule has 0 saturated heterocycles. The van der Waals surface area contributed by atoms with Crippen molar-refractivity contribution in [3.8, 4) is 11.5 Å². The van der Waals surface area contributed by atoms with Crippen LogP contribution in [0.15, 0.2) is 48.5 Å². The van der Waals surface area contributed by atoms with Crippen LogP contribution in [-0.2, 0) is 6.42 Å². The first-order chi connectivity index (χ1) is 9.33. The SMILES string of the molecule is COc1ccc(CCOc2ccccc2C=O)cc1. The lowest BCUT2D eigenvalue weighted by Crippen LogP contribution is -2.03. The molecule has 2 aromatic carbocycles. The Hall–Kier alpha value is -2.29. The molecule has 0 fully saturated rings. The zero-order chi connectivity index (χ0) is 13.5. The van der Waals surface area contributed by atoms with Gasteiger partial charge in [0.15, 0.2) is 6.29 Å². The molecule has 3 heteroatoms. The highest BCUT2D eigenvalue weighted by atomic mass is 16.5. The van der Waals surface area contributed by atoms with Crippen LogP contribution in [0.1, 0.15) is 15.9 Å². The quantitative estimate of drug-likeness (QED) is 0.745. The van der Waals surface area contributed by atoms with Gasteiger partial charge in [0.2, 0.25) is 0 Å². The van der Waals surface area contributed by atoms with E-state index in [1.807, 2.05) is 36.4 Å². The van der Waals surface area contributed by atoms with E-state index in [-0.39, 0.29) is 0 Å². The van der Waals surface area contributed by atoms with Crippen LogP contribution in [-0.4, -0.2) is 20.0 Å². The first-order valence-corrected chi connectivity index (χ1v) is 6.13. The number of hydrogen-bond acceptors (Lipinski definition) is 3. The van der Waals surface area contributed by atoms with E-state index in [9.17, 15) is 4.79 Å². The monoisotopic (exact) mass is 256 g/mol. The summed E-state index contributed by atoms with van der Waals surface area (Å²) in [5.74, 6) is 1.47. The molecule has 0 radical (unpaired) electrons. The van der Waals surface area contributed by atoms with Gasteiger partial charge in [0.25, 0.3) is 0 Å². The highest BCUT2D eigenvalue weighted by Gasteiger charge is 2.01. The van der Waals surface area contributed by atoms with E-state index in [0.29, 0.717) is 17.9 Å². The Labute approximate surface area is 112 Å². The van der Waals surface area contributed by atoms with E-state index in [2.05, 4.69) is 0 Å². The largest absolute Gasteiger partial charge is 0.497 e. The number of para-hydroxylation sites is 1. The topological polar surface area (TPSA) is 35.5 Å². The third-order valence-electron chi connectivity index (χ3n) is 2.85. The van der Waals surface area contributed by atoms with Crippen LogP contribution in [0.5, 0.6) is 11.5 Å². The second-order valence-corrected chi connectivity index (χ2v) is 4.10. The van der Waals surface area contributed by atoms with Crippen molar-refractivity contribution in [1.29, 1.82) is 0 Å². The smallest absolute Gasteiger partial charge is 0.153 e. The Bertz CT molecular complexity index is 532. The third kappa shape index (κ3) is 3.58. The Morgan fingerprint density at radius 2 is 1.79 bits per heavy atom. The van der Waals surface area contributed by atoms with E-state index in [4.69, 9.17) is 9.47 Å². The molecule has 0 bridgehead atoms. The van der Waals surface area contributed by atoms with Crippen LogP contribution >= 0.6 is 0 Å².